The molecule has 0 radical (unpaired) electrons. The second-order valence-electron chi connectivity index (χ2n) is 4.46. The van der Waals surface area contributed by atoms with Gasteiger partial charge in [0.25, 0.3) is 0 Å². The monoisotopic (exact) mass is 261 g/mol. The fourth-order valence-corrected chi connectivity index (χ4v) is 3.20. The third kappa shape index (κ3) is 2.04. The molecule has 18 heavy (non-hydrogen) atoms. The Morgan fingerprint density at radius 2 is 1.89 bits per heavy atom. The number of nitrogens with two attached hydrogens (primary N) is 1. The molecule has 96 valence electrons. The zero-order valence-electron chi connectivity index (χ0n) is 11.3. The summed E-state index contributed by atoms with van der Waals surface area (Å²) in [5.74, 6) is 0.943. The van der Waals surface area contributed by atoms with Crippen molar-refractivity contribution in [2.75, 3.05) is 7.11 Å². The van der Waals surface area contributed by atoms with Crippen molar-refractivity contribution < 1.29 is 4.74 Å². The molecule has 0 spiro atoms. The fourth-order valence-electron chi connectivity index (χ4n) is 2.30. The average molecular weight is 261 g/mol. The second-order valence-corrected chi connectivity index (χ2v) is 5.55. The lowest BCUT2D eigenvalue weighted by atomic mass is 9.94. The van der Waals surface area contributed by atoms with E-state index in [1.807, 2.05) is 6.07 Å². The molecule has 0 saturated heterocycles. The summed E-state index contributed by atoms with van der Waals surface area (Å²) < 4.78 is 5.36. The minimum Gasteiger partial charge on any atom is -0.496 e. The topological polar surface area (TPSA) is 35.2 Å². The molecule has 1 heterocycles. The van der Waals surface area contributed by atoms with E-state index < -0.39 is 0 Å². The average Bonchev–Trinajstić information content (AvgIpc) is 2.74. The van der Waals surface area contributed by atoms with E-state index in [1.54, 1.807) is 18.4 Å². The molecule has 3 heteroatoms. The number of methoxy groups -OCH3 is 1. The molecule has 0 aliphatic rings. The molecule has 0 unspecified atom stereocenters. The van der Waals surface area contributed by atoms with Gasteiger partial charge in [-0.1, -0.05) is 6.07 Å². The molecule has 0 atom stereocenters. The summed E-state index contributed by atoms with van der Waals surface area (Å²) >= 11 is 1.76. The molecule has 1 aromatic heterocycles. The molecular weight excluding hydrogens is 242 g/mol. The highest BCUT2D eigenvalue weighted by molar-refractivity contribution is 7.10. The summed E-state index contributed by atoms with van der Waals surface area (Å²) in [6, 6.07) is 4.17. The van der Waals surface area contributed by atoms with Crippen molar-refractivity contribution in [1.82, 2.24) is 0 Å². The van der Waals surface area contributed by atoms with E-state index in [0.29, 0.717) is 6.54 Å². The zero-order valence-corrected chi connectivity index (χ0v) is 12.1. The summed E-state index contributed by atoms with van der Waals surface area (Å²) in [4.78, 5) is 1.32. The van der Waals surface area contributed by atoms with Crippen molar-refractivity contribution in [2.45, 2.75) is 27.3 Å². The van der Waals surface area contributed by atoms with Crippen LogP contribution in [-0.2, 0) is 6.54 Å². The van der Waals surface area contributed by atoms with Crippen LogP contribution in [0.25, 0.3) is 11.1 Å². The van der Waals surface area contributed by atoms with Gasteiger partial charge >= 0.3 is 0 Å². The summed E-state index contributed by atoms with van der Waals surface area (Å²) in [6.45, 7) is 6.98. The van der Waals surface area contributed by atoms with Crippen LogP contribution in [0, 0.1) is 20.8 Å². The van der Waals surface area contributed by atoms with Gasteiger partial charge in [-0.2, -0.15) is 0 Å². The number of rotatable bonds is 3. The van der Waals surface area contributed by atoms with Crippen molar-refractivity contribution in [3.05, 3.63) is 39.1 Å². The maximum Gasteiger partial charge on any atom is 0.122 e. The van der Waals surface area contributed by atoms with E-state index in [2.05, 4.69) is 32.2 Å². The molecule has 0 amide bonds. The number of benzene rings is 1. The predicted octanol–water partition coefficient (Wildman–Crippen LogP) is 3.81. The number of ether oxygens (including phenoxy) is 1. The molecule has 2 nitrogen and oxygen atoms in total. The first-order valence-electron chi connectivity index (χ1n) is 6.01. The smallest absolute Gasteiger partial charge is 0.122 e. The third-order valence-electron chi connectivity index (χ3n) is 3.50. The van der Waals surface area contributed by atoms with Gasteiger partial charge in [-0.25, -0.2) is 0 Å². The van der Waals surface area contributed by atoms with Crippen LogP contribution >= 0.6 is 11.3 Å². The second kappa shape index (κ2) is 5.12. The molecule has 0 bridgehead atoms. The van der Waals surface area contributed by atoms with E-state index in [1.165, 1.54) is 32.7 Å². The van der Waals surface area contributed by atoms with Gasteiger partial charge in [-0.05, 0) is 54.5 Å². The summed E-state index contributed by atoms with van der Waals surface area (Å²) in [5.41, 5.74) is 12.1. The first kappa shape index (κ1) is 13.1. The molecular formula is C15H19NOS. The first-order valence-corrected chi connectivity index (χ1v) is 6.89. The van der Waals surface area contributed by atoms with E-state index in [-0.39, 0.29) is 0 Å². The van der Waals surface area contributed by atoms with Gasteiger partial charge in [-0.3, -0.25) is 0 Å². The first-order chi connectivity index (χ1) is 8.60. The standard InChI is InChI=1S/C15H19NOS/c1-9-10(2)14(17-4)6-5-13(9)15-11(3)18-8-12(15)7-16/h5-6,8H,7,16H2,1-4H3. The molecule has 1 aromatic carbocycles. The Bertz CT molecular complexity index is 572. The highest BCUT2D eigenvalue weighted by Gasteiger charge is 2.14. The Labute approximate surface area is 112 Å². The molecule has 0 saturated carbocycles. The number of hydrogen-bond donors (Lipinski definition) is 1. The van der Waals surface area contributed by atoms with Crippen LogP contribution in [-0.4, -0.2) is 7.11 Å². The minimum absolute atomic E-state index is 0.587. The maximum atomic E-state index is 5.83. The number of thiophene rings is 1. The van der Waals surface area contributed by atoms with Gasteiger partial charge in [0.1, 0.15) is 5.75 Å². The summed E-state index contributed by atoms with van der Waals surface area (Å²) in [7, 11) is 1.71. The SMILES string of the molecule is COc1ccc(-c2c(CN)csc2C)c(C)c1C. The van der Waals surface area contributed by atoms with Gasteiger partial charge in [0.2, 0.25) is 0 Å². The van der Waals surface area contributed by atoms with Crippen LogP contribution in [0.3, 0.4) is 0 Å². The van der Waals surface area contributed by atoms with Crippen LogP contribution in [0.2, 0.25) is 0 Å². The van der Waals surface area contributed by atoms with Crippen LogP contribution in [0.4, 0.5) is 0 Å². The Morgan fingerprint density at radius 3 is 2.50 bits per heavy atom. The molecule has 2 N–H and O–H groups in total. The lowest BCUT2D eigenvalue weighted by Gasteiger charge is -2.14. The van der Waals surface area contributed by atoms with Crippen LogP contribution in [0.1, 0.15) is 21.6 Å². The quantitative estimate of drug-likeness (QED) is 0.912. The highest BCUT2D eigenvalue weighted by Crippen LogP contribution is 2.37. The Kier molecular flexibility index (Phi) is 3.73. The molecule has 0 aliphatic heterocycles. The zero-order chi connectivity index (χ0) is 13.3. The third-order valence-corrected chi connectivity index (χ3v) is 4.46. The van der Waals surface area contributed by atoms with Crippen molar-refractivity contribution in [1.29, 1.82) is 0 Å². The Hall–Kier alpha value is -1.32. The summed E-state index contributed by atoms with van der Waals surface area (Å²) in [5, 5.41) is 2.16. The van der Waals surface area contributed by atoms with Gasteiger partial charge in [-0.15, -0.1) is 11.3 Å². The molecule has 2 rings (SSSR count). The Morgan fingerprint density at radius 1 is 1.17 bits per heavy atom. The highest BCUT2D eigenvalue weighted by atomic mass is 32.1. The van der Waals surface area contributed by atoms with Crippen molar-refractivity contribution in [3.8, 4) is 16.9 Å². The number of hydrogen-bond acceptors (Lipinski definition) is 3. The predicted molar refractivity (Wildman–Crippen MR) is 78.4 cm³/mol. The Balaban J connectivity index is 2.65. The maximum absolute atomic E-state index is 5.83. The molecule has 0 aliphatic carbocycles. The van der Waals surface area contributed by atoms with E-state index in [4.69, 9.17) is 10.5 Å². The van der Waals surface area contributed by atoms with Crippen LogP contribution in [0.15, 0.2) is 17.5 Å². The van der Waals surface area contributed by atoms with Crippen molar-refractivity contribution in [2.24, 2.45) is 5.73 Å². The van der Waals surface area contributed by atoms with E-state index >= 15 is 0 Å². The van der Waals surface area contributed by atoms with Gasteiger partial charge < -0.3 is 10.5 Å². The summed E-state index contributed by atoms with van der Waals surface area (Å²) in [6.07, 6.45) is 0. The van der Waals surface area contributed by atoms with E-state index in [0.717, 1.165) is 5.75 Å². The molecule has 2 aromatic rings. The minimum atomic E-state index is 0.587. The fraction of sp³-hybridized carbons (Fsp3) is 0.333. The van der Waals surface area contributed by atoms with Gasteiger partial charge in [0, 0.05) is 17.0 Å². The van der Waals surface area contributed by atoms with Crippen molar-refractivity contribution in [3.63, 3.8) is 0 Å². The van der Waals surface area contributed by atoms with Crippen LogP contribution in [0.5, 0.6) is 5.75 Å². The lowest BCUT2D eigenvalue weighted by molar-refractivity contribution is 0.411. The van der Waals surface area contributed by atoms with E-state index in [9.17, 15) is 0 Å². The largest absolute Gasteiger partial charge is 0.496 e. The van der Waals surface area contributed by atoms with Gasteiger partial charge in [0.05, 0.1) is 7.11 Å². The lowest BCUT2D eigenvalue weighted by Crippen LogP contribution is -1.99. The van der Waals surface area contributed by atoms with Gasteiger partial charge in [0.15, 0.2) is 0 Å². The molecule has 0 fully saturated rings. The number of aryl methyl sites for hydroxylation is 1. The normalized spacial score (nSPS) is 10.7. The van der Waals surface area contributed by atoms with Crippen molar-refractivity contribution >= 4 is 11.3 Å². The van der Waals surface area contributed by atoms with Crippen LogP contribution < -0.4 is 10.5 Å².